The van der Waals surface area contributed by atoms with E-state index in [1.54, 1.807) is 0 Å². The molecular weight excluding hydrogens is 454 g/mol. The van der Waals surface area contributed by atoms with Gasteiger partial charge in [-0.1, -0.05) is 45.6 Å². The van der Waals surface area contributed by atoms with Crippen molar-refractivity contribution in [3.05, 3.63) is 12.7 Å². The topological polar surface area (TPSA) is 29.5 Å². The van der Waals surface area contributed by atoms with Crippen LogP contribution in [0.5, 0.6) is 0 Å². The van der Waals surface area contributed by atoms with Crippen molar-refractivity contribution < 1.29 is 9.53 Å². The van der Waals surface area contributed by atoms with Gasteiger partial charge in [-0.05, 0) is 132 Å². The average Bonchev–Trinajstić information content (AvgIpc) is 2.96. The molecule has 3 nitrogen and oxygen atoms in total. The molecule has 0 unspecified atom stereocenters. The molecule has 5 aliphatic carbocycles. The second-order valence-corrected chi connectivity index (χ2v) is 14.1. The first-order valence-corrected chi connectivity index (χ1v) is 16.7. The van der Waals surface area contributed by atoms with Crippen molar-refractivity contribution in [1.29, 1.82) is 0 Å². The van der Waals surface area contributed by atoms with Gasteiger partial charge in [-0.25, -0.2) is 4.79 Å². The highest BCUT2D eigenvalue weighted by Gasteiger charge is 2.40. The lowest BCUT2D eigenvalue weighted by atomic mass is 9.70. The molecule has 3 heteroatoms. The van der Waals surface area contributed by atoms with E-state index in [1.807, 2.05) is 0 Å². The summed E-state index contributed by atoms with van der Waals surface area (Å²) in [6.45, 7) is 6.03. The number of nitrogens with zero attached hydrogens (tertiary/aromatic N) is 1. The molecule has 0 heterocycles. The highest BCUT2D eigenvalue weighted by atomic mass is 16.5. The molecule has 0 aromatic heterocycles. The van der Waals surface area contributed by atoms with Crippen molar-refractivity contribution in [2.24, 2.45) is 29.6 Å². The Kier molecular flexibility index (Phi) is 10.1. The van der Waals surface area contributed by atoms with Gasteiger partial charge in [-0.2, -0.15) is 0 Å². The van der Waals surface area contributed by atoms with Gasteiger partial charge in [0.25, 0.3) is 0 Å². The lowest BCUT2D eigenvalue weighted by Crippen LogP contribution is -2.53. The summed E-state index contributed by atoms with van der Waals surface area (Å²) in [5.74, 6) is 4.56. The van der Waals surface area contributed by atoms with Crippen LogP contribution in [0.3, 0.4) is 0 Å². The normalized spacial score (nSPS) is 40.3. The summed E-state index contributed by atoms with van der Waals surface area (Å²) in [6.07, 6.45) is 31.2. The minimum absolute atomic E-state index is 0.131. The van der Waals surface area contributed by atoms with E-state index in [9.17, 15) is 4.79 Å². The predicted octanol–water partition coefficient (Wildman–Crippen LogP) is 8.85. The van der Waals surface area contributed by atoms with E-state index in [2.05, 4.69) is 18.4 Å². The monoisotopic (exact) mass is 511 g/mol. The van der Waals surface area contributed by atoms with Gasteiger partial charge in [0.2, 0.25) is 0 Å². The third kappa shape index (κ3) is 7.23. The lowest BCUT2D eigenvalue weighted by molar-refractivity contribution is -0.145. The van der Waals surface area contributed by atoms with Gasteiger partial charge in [0, 0.05) is 24.2 Å². The highest BCUT2D eigenvalue weighted by Crippen LogP contribution is 2.45. The Morgan fingerprint density at radius 1 is 0.595 bits per heavy atom. The number of carbonyl (C=O) groups excluding carboxylic acids is 1. The van der Waals surface area contributed by atoms with Gasteiger partial charge >= 0.3 is 5.97 Å². The third-order valence-electron chi connectivity index (χ3n) is 11.9. The van der Waals surface area contributed by atoms with Crippen molar-refractivity contribution in [2.45, 2.75) is 166 Å². The van der Waals surface area contributed by atoms with E-state index >= 15 is 0 Å². The Bertz CT molecular complexity index is 697. The average molecular weight is 512 g/mol. The number of rotatable bonds is 7. The van der Waals surface area contributed by atoms with Crippen LogP contribution < -0.4 is 0 Å². The Morgan fingerprint density at radius 3 is 1.46 bits per heavy atom. The van der Waals surface area contributed by atoms with Crippen LogP contribution in [-0.2, 0) is 9.53 Å². The van der Waals surface area contributed by atoms with Crippen molar-refractivity contribution in [2.75, 3.05) is 0 Å². The molecule has 0 bridgehead atoms. The van der Waals surface area contributed by atoms with E-state index in [0.29, 0.717) is 0 Å². The van der Waals surface area contributed by atoms with Crippen LogP contribution in [-0.4, -0.2) is 35.1 Å². The fraction of sp³-hybridized carbons (Fsp3) is 0.912. The molecule has 0 atom stereocenters. The van der Waals surface area contributed by atoms with E-state index in [1.165, 1.54) is 128 Å². The smallest absolute Gasteiger partial charge is 0.330 e. The summed E-state index contributed by atoms with van der Waals surface area (Å²) in [5, 5.41) is 0. The fourth-order valence-electron chi connectivity index (χ4n) is 9.67. The lowest BCUT2D eigenvalue weighted by Gasteiger charge is -2.50. The molecule has 0 aliphatic heterocycles. The molecule has 0 amide bonds. The largest absolute Gasteiger partial charge is 0.459 e. The Labute approximate surface area is 228 Å². The first-order valence-electron chi connectivity index (χ1n) is 16.7. The molecule has 0 spiro atoms. The summed E-state index contributed by atoms with van der Waals surface area (Å²) in [4.78, 5) is 14.8. The van der Waals surface area contributed by atoms with Gasteiger partial charge in [0.05, 0.1) is 0 Å². The van der Waals surface area contributed by atoms with E-state index in [-0.39, 0.29) is 12.1 Å². The first kappa shape index (κ1) is 27.7. The van der Waals surface area contributed by atoms with Gasteiger partial charge in [-0.15, -0.1) is 0 Å². The van der Waals surface area contributed by atoms with Crippen LogP contribution >= 0.6 is 0 Å². The second kappa shape index (κ2) is 13.5. The molecule has 210 valence electrons. The van der Waals surface area contributed by atoms with Crippen molar-refractivity contribution in [3.8, 4) is 0 Å². The van der Waals surface area contributed by atoms with E-state index in [0.717, 1.165) is 60.6 Å². The molecule has 5 aliphatic rings. The Balaban J connectivity index is 1.14. The van der Waals surface area contributed by atoms with Crippen LogP contribution in [0.25, 0.3) is 0 Å². The van der Waals surface area contributed by atoms with Gasteiger partial charge in [0.1, 0.15) is 6.10 Å². The fourth-order valence-corrected chi connectivity index (χ4v) is 9.67. The van der Waals surface area contributed by atoms with Crippen molar-refractivity contribution in [1.82, 2.24) is 4.90 Å². The van der Waals surface area contributed by atoms with Crippen molar-refractivity contribution in [3.63, 3.8) is 0 Å². The number of hydrogen-bond acceptors (Lipinski definition) is 3. The first-order chi connectivity index (χ1) is 18.1. The quantitative estimate of drug-likeness (QED) is 0.252. The van der Waals surface area contributed by atoms with Crippen LogP contribution in [0.1, 0.15) is 142 Å². The van der Waals surface area contributed by atoms with Gasteiger partial charge in [-0.3, -0.25) is 4.90 Å². The molecular formula is C34H57NO2. The van der Waals surface area contributed by atoms with Gasteiger partial charge in [0.15, 0.2) is 0 Å². The predicted molar refractivity (Wildman–Crippen MR) is 153 cm³/mol. The molecule has 0 N–H and O–H groups in total. The third-order valence-corrected chi connectivity index (χ3v) is 11.9. The van der Waals surface area contributed by atoms with Crippen LogP contribution in [0, 0.1) is 29.6 Å². The maximum atomic E-state index is 11.6. The van der Waals surface area contributed by atoms with Crippen LogP contribution in [0.2, 0.25) is 0 Å². The summed E-state index contributed by atoms with van der Waals surface area (Å²) in [7, 11) is 0. The number of hydrogen-bond donors (Lipinski definition) is 0. The second-order valence-electron chi connectivity index (χ2n) is 14.1. The van der Waals surface area contributed by atoms with Gasteiger partial charge < -0.3 is 4.74 Å². The highest BCUT2D eigenvalue weighted by molar-refractivity contribution is 5.81. The number of ether oxygens (including phenoxy) is 1. The van der Waals surface area contributed by atoms with E-state index in [4.69, 9.17) is 4.74 Å². The minimum Gasteiger partial charge on any atom is -0.459 e. The van der Waals surface area contributed by atoms with E-state index < -0.39 is 0 Å². The Hall–Kier alpha value is -0.830. The zero-order valence-corrected chi connectivity index (χ0v) is 24.1. The molecule has 0 aromatic carbocycles. The summed E-state index contributed by atoms with van der Waals surface area (Å²) in [6, 6.07) is 2.58. The SMILES string of the molecule is C=CC(=O)OC1CCC(C2CCC(N(C3CCC(C)CC3)C3CCC(C4CCCCC4)CC3)CC2)CC1. The van der Waals surface area contributed by atoms with Crippen molar-refractivity contribution >= 4 is 5.97 Å². The van der Waals surface area contributed by atoms with Crippen LogP contribution in [0.4, 0.5) is 0 Å². The summed E-state index contributed by atoms with van der Waals surface area (Å²) >= 11 is 0. The minimum atomic E-state index is -0.242. The summed E-state index contributed by atoms with van der Waals surface area (Å²) in [5.41, 5.74) is 0. The number of carbonyl (C=O) groups is 1. The molecule has 5 fully saturated rings. The molecule has 37 heavy (non-hydrogen) atoms. The maximum absolute atomic E-state index is 11.6. The standard InChI is InChI=1S/C34H57NO2/c1-3-34(36)37-33-23-15-29(16-24-33)28-13-21-32(22-14-28)35(30-17-9-25(2)10-18-30)31-19-11-27(12-20-31)26-7-5-4-6-8-26/h3,25-33H,1,4-24H2,2H3. The number of esters is 1. The molecule has 5 saturated carbocycles. The van der Waals surface area contributed by atoms with Crippen LogP contribution in [0.15, 0.2) is 12.7 Å². The zero-order valence-electron chi connectivity index (χ0n) is 24.1. The Morgan fingerprint density at radius 2 is 1.00 bits per heavy atom. The zero-order chi connectivity index (χ0) is 25.6. The molecule has 0 aromatic rings. The molecule has 5 rings (SSSR count). The summed E-state index contributed by atoms with van der Waals surface area (Å²) < 4.78 is 5.55. The maximum Gasteiger partial charge on any atom is 0.330 e. The molecule has 0 saturated heterocycles. The molecule has 0 radical (unpaired) electrons.